The maximum atomic E-state index is 11.2. The van der Waals surface area contributed by atoms with Gasteiger partial charge in [0.2, 0.25) is 0 Å². The van der Waals surface area contributed by atoms with Crippen molar-refractivity contribution in [1.82, 2.24) is 4.98 Å². The van der Waals surface area contributed by atoms with Crippen LogP contribution in [0, 0.1) is 0 Å². The van der Waals surface area contributed by atoms with Crippen molar-refractivity contribution in [1.29, 1.82) is 0 Å². The Morgan fingerprint density at radius 1 is 1.25 bits per heavy atom. The number of thioether (sulfide) groups is 1. The highest BCUT2D eigenvalue weighted by Crippen LogP contribution is 2.23. The number of hydrogen-bond acceptors (Lipinski definition) is 4. The minimum absolute atomic E-state index is 0.301. The van der Waals surface area contributed by atoms with Gasteiger partial charge in [-0.05, 0) is 48.6 Å². The molecule has 0 unspecified atom stereocenters. The van der Waals surface area contributed by atoms with Crippen molar-refractivity contribution < 1.29 is 9.90 Å². The Hall–Kier alpha value is -1.75. The third-order valence-corrected chi connectivity index (χ3v) is 4.58. The zero-order valence-corrected chi connectivity index (χ0v) is 11.8. The molecule has 2 aromatic rings. The molecule has 104 valence electrons. The molecule has 0 saturated carbocycles. The second-order valence-electron chi connectivity index (χ2n) is 4.90. The van der Waals surface area contributed by atoms with Crippen LogP contribution in [-0.2, 0) is 0 Å². The Balaban J connectivity index is 1.89. The number of pyridine rings is 1. The van der Waals surface area contributed by atoms with Gasteiger partial charge in [0, 0.05) is 11.4 Å². The van der Waals surface area contributed by atoms with Gasteiger partial charge in [-0.1, -0.05) is 6.07 Å². The Morgan fingerprint density at radius 2 is 2.05 bits per heavy atom. The third kappa shape index (κ3) is 2.72. The van der Waals surface area contributed by atoms with Crippen molar-refractivity contribution in [3.8, 4) is 0 Å². The molecule has 0 aliphatic carbocycles. The fourth-order valence-electron chi connectivity index (χ4n) is 2.47. The lowest BCUT2D eigenvalue weighted by molar-refractivity contribution is 0.0699. The summed E-state index contributed by atoms with van der Waals surface area (Å²) in [7, 11) is 0. The third-order valence-electron chi connectivity index (χ3n) is 3.54. The van der Waals surface area contributed by atoms with E-state index in [4.69, 9.17) is 5.11 Å². The standard InChI is InChI=1S/C15H16N2O2S/c18-15(19)12-2-1-3-13-11(12)4-5-14(17-13)16-10-6-8-20-9-7-10/h1-5,10H,6-9H2,(H,16,17)(H,18,19). The lowest BCUT2D eigenvalue weighted by Crippen LogP contribution is -2.24. The Kier molecular flexibility index (Phi) is 3.78. The molecule has 5 heteroatoms. The van der Waals surface area contributed by atoms with Crippen molar-refractivity contribution in [3.63, 3.8) is 0 Å². The molecule has 1 aromatic heterocycles. The number of carbonyl (C=O) groups is 1. The van der Waals surface area contributed by atoms with E-state index in [0.29, 0.717) is 17.0 Å². The van der Waals surface area contributed by atoms with Crippen LogP contribution < -0.4 is 5.32 Å². The van der Waals surface area contributed by atoms with Gasteiger partial charge in [-0.3, -0.25) is 0 Å². The van der Waals surface area contributed by atoms with Crippen molar-refractivity contribution >= 4 is 34.5 Å². The van der Waals surface area contributed by atoms with Crippen molar-refractivity contribution in [2.75, 3.05) is 16.8 Å². The first-order valence-corrected chi connectivity index (χ1v) is 7.87. The fourth-order valence-corrected chi connectivity index (χ4v) is 3.58. The molecule has 1 fully saturated rings. The van der Waals surface area contributed by atoms with Gasteiger partial charge in [0.25, 0.3) is 0 Å². The maximum absolute atomic E-state index is 11.2. The predicted octanol–water partition coefficient (Wildman–Crippen LogP) is 3.24. The summed E-state index contributed by atoms with van der Waals surface area (Å²) < 4.78 is 0. The quantitative estimate of drug-likeness (QED) is 0.908. The monoisotopic (exact) mass is 288 g/mol. The van der Waals surface area contributed by atoms with E-state index in [1.54, 1.807) is 12.1 Å². The Morgan fingerprint density at radius 3 is 2.80 bits per heavy atom. The van der Waals surface area contributed by atoms with Crippen LogP contribution in [0.2, 0.25) is 0 Å². The molecule has 0 atom stereocenters. The van der Waals surface area contributed by atoms with E-state index in [-0.39, 0.29) is 0 Å². The largest absolute Gasteiger partial charge is 0.478 e. The number of anilines is 1. The fraction of sp³-hybridized carbons (Fsp3) is 0.333. The lowest BCUT2D eigenvalue weighted by Gasteiger charge is -2.23. The van der Waals surface area contributed by atoms with Crippen molar-refractivity contribution in [3.05, 3.63) is 35.9 Å². The molecule has 20 heavy (non-hydrogen) atoms. The molecule has 3 rings (SSSR count). The number of aromatic nitrogens is 1. The lowest BCUT2D eigenvalue weighted by atomic mass is 10.1. The summed E-state index contributed by atoms with van der Waals surface area (Å²) in [6, 6.07) is 9.38. The molecule has 1 saturated heterocycles. The zero-order valence-electron chi connectivity index (χ0n) is 11.0. The van der Waals surface area contributed by atoms with Crippen LogP contribution in [0.1, 0.15) is 23.2 Å². The highest BCUT2D eigenvalue weighted by Gasteiger charge is 2.14. The number of rotatable bonds is 3. The van der Waals surface area contributed by atoms with Crippen LogP contribution in [0.15, 0.2) is 30.3 Å². The average Bonchev–Trinajstić information content (AvgIpc) is 2.47. The van der Waals surface area contributed by atoms with Gasteiger partial charge in [-0.2, -0.15) is 11.8 Å². The second kappa shape index (κ2) is 5.71. The van der Waals surface area contributed by atoms with Crippen LogP contribution in [0.3, 0.4) is 0 Å². The van der Waals surface area contributed by atoms with Gasteiger partial charge in [0.15, 0.2) is 0 Å². The SMILES string of the molecule is O=C(O)c1cccc2nc(NC3CCSCC3)ccc12. The van der Waals surface area contributed by atoms with E-state index in [9.17, 15) is 4.79 Å². The zero-order chi connectivity index (χ0) is 13.9. The van der Waals surface area contributed by atoms with Crippen LogP contribution in [0.5, 0.6) is 0 Å². The number of carboxylic acids is 1. The molecule has 0 bridgehead atoms. The van der Waals surface area contributed by atoms with Gasteiger partial charge in [0.05, 0.1) is 11.1 Å². The first kappa shape index (κ1) is 13.2. The molecule has 1 aliphatic heterocycles. The van der Waals surface area contributed by atoms with Crippen LogP contribution >= 0.6 is 11.8 Å². The summed E-state index contributed by atoms with van der Waals surface area (Å²) in [4.78, 5) is 15.7. The van der Waals surface area contributed by atoms with Gasteiger partial charge in [0.1, 0.15) is 5.82 Å². The maximum Gasteiger partial charge on any atom is 0.336 e. The van der Waals surface area contributed by atoms with E-state index in [2.05, 4.69) is 10.3 Å². The number of aromatic carboxylic acids is 1. The van der Waals surface area contributed by atoms with Crippen LogP contribution in [0.4, 0.5) is 5.82 Å². The summed E-state index contributed by atoms with van der Waals surface area (Å²) in [6.07, 6.45) is 2.30. The summed E-state index contributed by atoms with van der Waals surface area (Å²) >= 11 is 1.99. The first-order valence-electron chi connectivity index (χ1n) is 6.71. The van der Waals surface area contributed by atoms with E-state index < -0.39 is 5.97 Å². The molecule has 2 heterocycles. The second-order valence-corrected chi connectivity index (χ2v) is 6.13. The van der Waals surface area contributed by atoms with Gasteiger partial charge in [-0.15, -0.1) is 0 Å². The molecule has 4 nitrogen and oxygen atoms in total. The van der Waals surface area contributed by atoms with E-state index in [1.807, 2.05) is 30.0 Å². The number of fused-ring (bicyclic) bond motifs is 1. The Bertz CT molecular complexity index is 639. The van der Waals surface area contributed by atoms with E-state index >= 15 is 0 Å². The minimum Gasteiger partial charge on any atom is -0.478 e. The molecule has 0 amide bonds. The normalized spacial score (nSPS) is 16.2. The molecule has 0 radical (unpaired) electrons. The molecular weight excluding hydrogens is 272 g/mol. The topological polar surface area (TPSA) is 62.2 Å². The van der Waals surface area contributed by atoms with Gasteiger partial charge in [-0.25, -0.2) is 9.78 Å². The highest BCUT2D eigenvalue weighted by atomic mass is 32.2. The predicted molar refractivity (Wildman–Crippen MR) is 82.7 cm³/mol. The Labute approximate surface area is 121 Å². The van der Waals surface area contributed by atoms with Crippen molar-refractivity contribution in [2.24, 2.45) is 0 Å². The first-order chi connectivity index (χ1) is 9.74. The molecular formula is C15H16N2O2S. The number of hydrogen-bond donors (Lipinski definition) is 2. The minimum atomic E-state index is -0.914. The summed E-state index contributed by atoms with van der Waals surface area (Å²) in [5.41, 5.74) is 1.02. The number of benzene rings is 1. The molecule has 1 aromatic carbocycles. The molecule has 1 aliphatic rings. The molecule has 2 N–H and O–H groups in total. The summed E-state index contributed by atoms with van der Waals surface area (Å²) in [5, 5.41) is 13.3. The van der Waals surface area contributed by atoms with Crippen molar-refractivity contribution in [2.45, 2.75) is 18.9 Å². The summed E-state index contributed by atoms with van der Waals surface area (Å²) in [5.74, 6) is 2.29. The smallest absolute Gasteiger partial charge is 0.336 e. The van der Waals surface area contributed by atoms with Gasteiger partial charge >= 0.3 is 5.97 Å². The number of carboxylic acid groups (broad SMARTS) is 1. The molecule has 0 spiro atoms. The van der Waals surface area contributed by atoms with Gasteiger partial charge < -0.3 is 10.4 Å². The summed E-state index contributed by atoms with van der Waals surface area (Å²) in [6.45, 7) is 0. The van der Waals surface area contributed by atoms with Crippen LogP contribution in [-0.4, -0.2) is 33.6 Å². The van der Waals surface area contributed by atoms with Crippen LogP contribution in [0.25, 0.3) is 10.9 Å². The average molecular weight is 288 g/mol. The number of nitrogens with one attached hydrogen (secondary N) is 1. The van der Waals surface area contributed by atoms with E-state index in [0.717, 1.165) is 24.2 Å². The highest BCUT2D eigenvalue weighted by molar-refractivity contribution is 7.99. The number of nitrogens with zero attached hydrogens (tertiary/aromatic N) is 1. The van der Waals surface area contributed by atoms with E-state index in [1.165, 1.54) is 11.5 Å².